The molecule has 0 saturated carbocycles. The molecule has 0 bridgehead atoms. The van der Waals surface area contributed by atoms with Crippen molar-refractivity contribution in [3.05, 3.63) is 108 Å². The molecule has 0 N–H and O–H groups in total. The van der Waals surface area contributed by atoms with Crippen molar-refractivity contribution in [1.29, 1.82) is 0 Å². The predicted molar refractivity (Wildman–Crippen MR) is 106 cm³/mol. The second-order valence-electron chi connectivity index (χ2n) is 6.07. The number of carbonyl (C=O) groups is 1. The summed E-state index contributed by atoms with van der Waals surface area (Å²) in [5, 5.41) is 0. The molecule has 0 radical (unpaired) electrons. The summed E-state index contributed by atoms with van der Waals surface area (Å²) >= 11 is 0. The van der Waals surface area contributed by atoms with Crippen molar-refractivity contribution < 1.29 is 18.7 Å². The minimum absolute atomic E-state index is 0.165. The van der Waals surface area contributed by atoms with Gasteiger partial charge in [0, 0.05) is 0 Å². The van der Waals surface area contributed by atoms with E-state index in [1.54, 1.807) is 24.3 Å². The lowest BCUT2D eigenvalue weighted by Gasteiger charge is -2.16. The maximum absolute atomic E-state index is 12.0. The lowest BCUT2D eigenvalue weighted by atomic mass is 10.1. The van der Waals surface area contributed by atoms with Crippen LogP contribution in [0.5, 0.6) is 5.75 Å². The predicted octanol–water partition coefficient (Wildman–Crippen LogP) is 4.93. The highest BCUT2D eigenvalue weighted by molar-refractivity contribution is 6.11. The van der Waals surface area contributed by atoms with Crippen LogP contribution in [0.4, 0.5) is 0 Å². The van der Waals surface area contributed by atoms with Crippen LogP contribution in [-0.2, 0) is 9.53 Å². The molecular formula is C23H17NO4. The molecular weight excluding hydrogens is 354 g/mol. The zero-order valence-corrected chi connectivity index (χ0v) is 14.9. The summed E-state index contributed by atoms with van der Waals surface area (Å²) in [7, 11) is 0. The normalized spacial score (nSPS) is 15.8. The molecule has 0 amide bonds. The van der Waals surface area contributed by atoms with Crippen molar-refractivity contribution >= 4 is 17.9 Å². The fourth-order valence-electron chi connectivity index (χ4n) is 2.76. The van der Waals surface area contributed by atoms with E-state index in [0.29, 0.717) is 11.5 Å². The van der Waals surface area contributed by atoms with Crippen LogP contribution in [0.25, 0.3) is 6.08 Å². The topological polar surface area (TPSA) is 61.0 Å². The van der Waals surface area contributed by atoms with Gasteiger partial charge in [-0.1, -0.05) is 49.0 Å². The average molecular weight is 371 g/mol. The van der Waals surface area contributed by atoms with Crippen molar-refractivity contribution in [3.63, 3.8) is 0 Å². The number of carbonyl (C=O) groups excluding carboxylic acids is 1. The Balaban J connectivity index is 1.50. The van der Waals surface area contributed by atoms with Gasteiger partial charge in [0.15, 0.2) is 11.5 Å². The molecule has 1 unspecified atom stereocenters. The smallest absolute Gasteiger partial charge is 0.363 e. The first-order valence-electron chi connectivity index (χ1n) is 8.73. The van der Waals surface area contributed by atoms with Crippen molar-refractivity contribution in [3.8, 4) is 5.75 Å². The second kappa shape index (κ2) is 7.80. The second-order valence-corrected chi connectivity index (χ2v) is 6.07. The molecule has 1 aliphatic rings. The summed E-state index contributed by atoms with van der Waals surface area (Å²) in [4.78, 5) is 16.2. The summed E-state index contributed by atoms with van der Waals surface area (Å²) in [5.41, 5.74) is 2.05. The first-order valence-corrected chi connectivity index (χ1v) is 8.73. The number of cyclic esters (lactones) is 1. The van der Waals surface area contributed by atoms with E-state index >= 15 is 0 Å². The molecule has 0 aliphatic carbocycles. The van der Waals surface area contributed by atoms with E-state index in [1.807, 2.05) is 54.6 Å². The molecule has 1 aromatic heterocycles. The van der Waals surface area contributed by atoms with Gasteiger partial charge in [-0.15, -0.1) is 0 Å². The highest BCUT2D eigenvalue weighted by Gasteiger charge is 2.25. The van der Waals surface area contributed by atoms with Gasteiger partial charge >= 0.3 is 5.97 Å². The van der Waals surface area contributed by atoms with Gasteiger partial charge in [0.1, 0.15) is 11.9 Å². The molecule has 0 saturated heterocycles. The Morgan fingerprint density at radius 3 is 2.46 bits per heavy atom. The van der Waals surface area contributed by atoms with Gasteiger partial charge in [0.25, 0.3) is 5.90 Å². The quantitative estimate of drug-likeness (QED) is 0.350. The van der Waals surface area contributed by atoms with Gasteiger partial charge in [-0.25, -0.2) is 9.79 Å². The van der Waals surface area contributed by atoms with E-state index in [0.717, 1.165) is 11.1 Å². The number of furan rings is 1. The number of nitrogens with zero attached hydrogens (tertiary/aromatic N) is 1. The molecule has 1 atom stereocenters. The number of rotatable bonds is 6. The van der Waals surface area contributed by atoms with Crippen LogP contribution >= 0.6 is 0 Å². The summed E-state index contributed by atoms with van der Waals surface area (Å²) in [5.74, 6) is 0.766. The van der Waals surface area contributed by atoms with Gasteiger partial charge in [-0.05, 0) is 47.5 Å². The van der Waals surface area contributed by atoms with Crippen LogP contribution in [-0.4, -0.2) is 11.9 Å². The zero-order valence-electron chi connectivity index (χ0n) is 14.9. The highest BCUT2D eigenvalue weighted by Crippen LogP contribution is 2.25. The molecule has 2 aromatic carbocycles. The van der Waals surface area contributed by atoms with Gasteiger partial charge in [-0.2, -0.15) is 0 Å². The molecule has 28 heavy (non-hydrogen) atoms. The third-order valence-corrected chi connectivity index (χ3v) is 4.14. The fraction of sp³-hybridized carbons (Fsp3) is 0.0435. The maximum Gasteiger partial charge on any atom is 0.363 e. The highest BCUT2D eigenvalue weighted by atomic mass is 16.6. The van der Waals surface area contributed by atoms with Crippen LogP contribution in [0.1, 0.15) is 23.0 Å². The van der Waals surface area contributed by atoms with Crippen LogP contribution < -0.4 is 4.74 Å². The molecule has 0 fully saturated rings. The van der Waals surface area contributed by atoms with Crippen LogP contribution in [0, 0.1) is 0 Å². The Kier molecular flexibility index (Phi) is 4.89. The monoisotopic (exact) mass is 371 g/mol. The standard InChI is InChI=1S/C23H17NO4/c1-2-20(17-7-4-3-5-8-17)27-18-12-10-16(11-13-18)15-19-23(25)28-22(24-19)21-9-6-14-26-21/h2-15,20H,1H2/b19-15-. The number of benzene rings is 2. The average Bonchev–Trinajstić information content (AvgIpc) is 3.38. The molecule has 4 rings (SSSR count). The Hall–Kier alpha value is -3.86. The van der Waals surface area contributed by atoms with E-state index in [-0.39, 0.29) is 17.7 Å². The first-order chi connectivity index (χ1) is 13.7. The number of hydrogen-bond donors (Lipinski definition) is 0. The Morgan fingerprint density at radius 1 is 1.00 bits per heavy atom. The summed E-state index contributed by atoms with van der Waals surface area (Å²) in [6, 6.07) is 20.6. The summed E-state index contributed by atoms with van der Waals surface area (Å²) < 4.78 is 16.3. The number of esters is 1. The van der Waals surface area contributed by atoms with E-state index in [2.05, 4.69) is 11.6 Å². The third kappa shape index (κ3) is 3.78. The summed E-state index contributed by atoms with van der Waals surface area (Å²) in [6.07, 6.45) is 4.67. The van der Waals surface area contributed by atoms with Crippen LogP contribution in [0.15, 0.2) is 101 Å². The minimum atomic E-state index is -0.512. The van der Waals surface area contributed by atoms with Crippen molar-refractivity contribution in [2.24, 2.45) is 4.99 Å². The number of aliphatic imine (C=N–C) groups is 1. The minimum Gasteiger partial charge on any atom is -0.482 e. The van der Waals surface area contributed by atoms with Gasteiger partial charge in [0.2, 0.25) is 0 Å². The van der Waals surface area contributed by atoms with Gasteiger partial charge in [0.05, 0.1) is 6.26 Å². The van der Waals surface area contributed by atoms with E-state index in [9.17, 15) is 4.79 Å². The molecule has 5 nitrogen and oxygen atoms in total. The van der Waals surface area contributed by atoms with E-state index in [4.69, 9.17) is 13.9 Å². The Morgan fingerprint density at radius 2 is 1.79 bits per heavy atom. The lowest BCUT2D eigenvalue weighted by molar-refractivity contribution is -0.130. The number of ether oxygens (including phenoxy) is 2. The van der Waals surface area contributed by atoms with Crippen molar-refractivity contribution in [2.45, 2.75) is 6.10 Å². The molecule has 1 aliphatic heterocycles. The molecule has 138 valence electrons. The number of hydrogen-bond acceptors (Lipinski definition) is 5. The zero-order chi connectivity index (χ0) is 19.3. The molecule has 2 heterocycles. The van der Waals surface area contributed by atoms with Gasteiger partial charge in [-0.3, -0.25) is 0 Å². The maximum atomic E-state index is 12.0. The van der Waals surface area contributed by atoms with Crippen LogP contribution in [0.2, 0.25) is 0 Å². The SMILES string of the molecule is C=CC(Oc1ccc(/C=C2\N=C(c3ccco3)OC2=O)cc1)c1ccccc1. The van der Waals surface area contributed by atoms with Crippen LogP contribution in [0.3, 0.4) is 0 Å². The van der Waals surface area contributed by atoms with Crippen molar-refractivity contribution in [1.82, 2.24) is 0 Å². The molecule has 3 aromatic rings. The first kappa shape index (κ1) is 17.5. The van der Waals surface area contributed by atoms with Gasteiger partial charge < -0.3 is 13.9 Å². The van der Waals surface area contributed by atoms with Crippen molar-refractivity contribution in [2.75, 3.05) is 0 Å². The Labute approximate surface area is 162 Å². The van der Waals surface area contributed by atoms with E-state index in [1.165, 1.54) is 6.26 Å². The molecule has 5 heteroatoms. The van der Waals surface area contributed by atoms with E-state index < -0.39 is 5.97 Å². The summed E-state index contributed by atoms with van der Waals surface area (Å²) in [6.45, 7) is 3.85. The Bertz CT molecular complexity index is 1030. The molecule has 0 spiro atoms. The largest absolute Gasteiger partial charge is 0.482 e. The lowest BCUT2D eigenvalue weighted by Crippen LogP contribution is -2.04. The third-order valence-electron chi connectivity index (χ3n) is 4.14. The fourth-order valence-corrected chi connectivity index (χ4v) is 2.76.